The highest BCUT2D eigenvalue weighted by atomic mass is 16.6. The Kier molecular flexibility index (Phi) is 52.8. The van der Waals surface area contributed by atoms with Crippen LogP contribution in [0.4, 0.5) is 0 Å². The van der Waals surface area contributed by atoms with Gasteiger partial charge in [0, 0.05) is 19.4 Å². The molecule has 0 aliphatic heterocycles. The molecule has 5 nitrogen and oxygen atoms in total. The topological polar surface area (TPSA) is 61.8 Å². The van der Waals surface area contributed by atoms with Gasteiger partial charge in [-0.25, -0.2) is 0 Å². The third-order valence-electron chi connectivity index (χ3n) is 12.8. The Hall–Kier alpha value is -1.36. The average Bonchev–Trinajstić information content (AvgIpc) is 3.27. The highest BCUT2D eigenvalue weighted by Gasteiger charge is 2.17. The van der Waals surface area contributed by atoms with Gasteiger partial charge in [-0.05, 0) is 44.9 Å². The molecule has 0 aliphatic rings. The summed E-state index contributed by atoms with van der Waals surface area (Å²) >= 11 is 0. The maximum atomic E-state index is 12.8. The summed E-state index contributed by atoms with van der Waals surface area (Å²) in [6, 6.07) is 0. The van der Waals surface area contributed by atoms with Gasteiger partial charge in [-0.3, -0.25) is 9.59 Å². The van der Waals surface area contributed by atoms with Crippen LogP contribution in [0.2, 0.25) is 0 Å². The van der Waals surface area contributed by atoms with Crippen LogP contribution in [0.25, 0.3) is 0 Å². The Morgan fingerprint density at radius 1 is 0.339 bits per heavy atom. The third kappa shape index (κ3) is 51.3. The number of carbonyl (C=O) groups is 2. The minimum atomic E-state index is -0.530. The number of allylic oxidation sites excluding steroid dienone is 2. The molecule has 0 saturated carbocycles. The lowest BCUT2D eigenvalue weighted by Gasteiger charge is -2.18. The summed E-state index contributed by atoms with van der Waals surface area (Å²) in [6.45, 7) is 7.89. The molecule has 0 aromatic carbocycles. The fourth-order valence-corrected chi connectivity index (χ4v) is 8.57. The number of ether oxygens (including phenoxy) is 3. The van der Waals surface area contributed by atoms with Crippen LogP contribution in [0.5, 0.6) is 0 Å². The molecule has 0 N–H and O–H groups in total. The number of hydrogen-bond donors (Lipinski definition) is 0. The van der Waals surface area contributed by atoms with E-state index in [9.17, 15) is 9.59 Å². The quantitative estimate of drug-likeness (QED) is 0.0346. The molecule has 0 rings (SSSR count). The lowest BCUT2D eigenvalue weighted by Crippen LogP contribution is -2.30. The molecule has 0 aliphatic carbocycles. The summed E-state index contributed by atoms with van der Waals surface area (Å²) in [6.07, 6.45) is 62.2. The van der Waals surface area contributed by atoms with Crippen molar-refractivity contribution in [2.24, 2.45) is 0 Å². The van der Waals surface area contributed by atoms with Gasteiger partial charge in [-0.15, -0.1) is 0 Å². The smallest absolute Gasteiger partial charge is 0.306 e. The Labute approximate surface area is 388 Å². The first-order valence-corrected chi connectivity index (χ1v) is 28.2. The van der Waals surface area contributed by atoms with Crippen molar-refractivity contribution in [2.45, 2.75) is 322 Å². The molecule has 1 atom stereocenters. The molecule has 0 aromatic heterocycles. The van der Waals surface area contributed by atoms with Crippen LogP contribution in [-0.4, -0.2) is 37.9 Å². The SMILES string of the molecule is CCCCCCCC/C=C\CCCCCCCCOCC(COC(=O)CCCCCCCCCCCCCCCCC)OC(=O)CCCCCCCCCCCCCCCCC. The largest absolute Gasteiger partial charge is 0.462 e. The van der Waals surface area contributed by atoms with Crippen LogP contribution < -0.4 is 0 Å². The Morgan fingerprint density at radius 2 is 0.629 bits per heavy atom. The van der Waals surface area contributed by atoms with Crippen LogP contribution >= 0.6 is 0 Å². The molecule has 0 bridgehead atoms. The predicted octanol–water partition coefficient (Wildman–Crippen LogP) is 19.0. The van der Waals surface area contributed by atoms with Crippen LogP contribution in [0.3, 0.4) is 0 Å². The molecule has 62 heavy (non-hydrogen) atoms. The van der Waals surface area contributed by atoms with E-state index in [4.69, 9.17) is 14.2 Å². The molecule has 0 aromatic rings. The fraction of sp³-hybridized carbons (Fsp3) is 0.930. The molecule has 5 heteroatoms. The van der Waals surface area contributed by atoms with Crippen molar-refractivity contribution < 1.29 is 23.8 Å². The maximum absolute atomic E-state index is 12.8. The van der Waals surface area contributed by atoms with E-state index in [2.05, 4.69) is 32.9 Å². The predicted molar refractivity (Wildman–Crippen MR) is 270 cm³/mol. The molecule has 1 unspecified atom stereocenters. The van der Waals surface area contributed by atoms with Crippen molar-refractivity contribution in [1.29, 1.82) is 0 Å². The van der Waals surface area contributed by atoms with E-state index in [-0.39, 0.29) is 18.5 Å². The number of hydrogen-bond acceptors (Lipinski definition) is 5. The molecule has 0 fully saturated rings. The van der Waals surface area contributed by atoms with E-state index >= 15 is 0 Å². The van der Waals surface area contributed by atoms with E-state index < -0.39 is 6.10 Å². The van der Waals surface area contributed by atoms with Gasteiger partial charge in [0.05, 0.1) is 6.61 Å². The lowest BCUT2D eigenvalue weighted by atomic mass is 10.0. The monoisotopic (exact) mass is 875 g/mol. The van der Waals surface area contributed by atoms with E-state index in [1.165, 1.54) is 244 Å². The molecule has 0 radical (unpaired) electrons. The van der Waals surface area contributed by atoms with Crippen LogP contribution in [-0.2, 0) is 23.8 Å². The number of esters is 2. The van der Waals surface area contributed by atoms with E-state index in [0.29, 0.717) is 26.1 Å². The van der Waals surface area contributed by atoms with Crippen molar-refractivity contribution in [1.82, 2.24) is 0 Å². The molecule has 368 valence electrons. The van der Waals surface area contributed by atoms with Gasteiger partial charge in [-0.2, -0.15) is 0 Å². The van der Waals surface area contributed by atoms with Gasteiger partial charge in [-0.1, -0.05) is 270 Å². The van der Waals surface area contributed by atoms with Crippen molar-refractivity contribution in [3.8, 4) is 0 Å². The highest BCUT2D eigenvalue weighted by Crippen LogP contribution is 2.17. The Balaban J connectivity index is 4.21. The van der Waals surface area contributed by atoms with E-state index in [1.54, 1.807) is 0 Å². The van der Waals surface area contributed by atoms with Gasteiger partial charge in [0.1, 0.15) is 6.61 Å². The number of carbonyl (C=O) groups excluding carboxylic acids is 2. The minimum Gasteiger partial charge on any atom is -0.462 e. The zero-order chi connectivity index (χ0) is 44.9. The first-order valence-electron chi connectivity index (χ1n) is 28.2. The first kappa shape index (κ1) is 60.6. The van der Waals surface area contributed by atoms with Gasteiger partial charge in [0.25, 0.3) is 0 Å². The van der Waals surface area contributed by atoms with Crippen LogP contribution in [0, 0.1) is 0 Å². The van der Waals surface area contributed by atoms with Gasteiger partial charge in [0.2, 0.25) is 0 Å². The molecule has 0 spiro atoms. The number of rotatable bonds is 53. The van der Waals surface area contributed by atoms with E-state index in [0.717, 1.165) is 38.5 Å². The van der Waals surface area contributed by atoms with E-state index in [1.807, 2.05) is 0 Å². The average molecular weight is 876 g/mol. The van der Waals surface area contributed by atoms with Gasteiger partial charge < -0.3 is 14.2 Å². The maximum Gasteiger partial charge on any atom is 0.306 e. The van der Waals surface area contributed by atoms with Crippen LogP contribution in [0.1, 0.15) is 316 Å². The zero-order valence-corrected chi connectivity index (χ0v) is 42.4. The van der Waals surface area contributed by atoms with Crippen molar-refractivity contribution in [3.63, 3.8) is 0 Å². The van der Waals surface area contributed by atoms with Crippen molar-refractivity contribution in [3.05, 3.63) is 12.2 Å². The van der Waals surface area contributed by atoms with Crippen molar-refractivity contribution >= 4 is 11.9 Å². The third-order valence-corrected chi connectivity index (χ3v) is 12.8. The fourth-order valence-electron chi connectivity index (χ4n) is 8.57. The molecule has 0 saturated heterocycles. The summed E-state index contributed by atoms with van der Waals surface area (Å²) in [5.74, 6) is -0.375. The summed E-state index contributed by atoms with van der Waals surface area (Å²) in [5, 5.41) is 0. The number of unbranched alkanes of at least 4 members (excludes halogenated alkanes) is 40. The van der Waals surface area contributed by atoms with Gasteiger partial charge >= 0.3 is 11.9 Å². The second kappa shape index (κ2) is 54.0. The Morgan fingerprint density at radius 3 is 0.984 bits per heavy atom. The summed E-state index contributed by atoms with van der Waals surface area (Å²) in [4.78, 5) is 25.5. The molecular weight excluding hydrogens is 765 g/mol. The first-order chi connectivity index (χ1) is 30.6. The molecule has 0 heterocycles. The summed E-state index contributed by atoms with van der Waals surface area (Å²) in [7, 11) is 0. The Bertz CT molecular complexity index is 902. The highest BCUT2D eigenvalue weighted by molar-refractivity contribution is 5.70. The standard InChI is InChI=1S/C57H110O5/c1-4-7-10-13-16-19-22-25-28-31-34-37-40-43-46-49-52-60-53-55(62-57(59)51-48-45-42-39-36-33-30-27-24-21-18-15-12-9-6-3)54-61-56(58)50-47-44-41-38-35-32-29-26-23-20-17-14-11-8-5-2/h25,28,55H,4-24,26-27,29-54H2,1-3H3/b28-25-. The minimum absolute atomic E-state index is 0.0928. The second-order valence-electron chi connectivity index (χ2n) is 19.2. The molecule has 0 amide bonds. The zero-order valence-electron chi connectivity index (χ0n) is 42.4. The molecular formula is C57H110O5. The summed E-state index contributed by atoms with van der Waals surface area (Å²) < 4.78 is 17.5. The van der Waals surface area contributed by atoms with Crippen LogP contribution in [0.15, 0.2) is 12.2 Å². The van der Waals surface area contributed by atoms with Gasteiger partial charge in [0.15, 0.2) is 6.10 Å². The lowest BCUT2D eigenvalue weighted by molar-refractivity contribution is -0.163. The normalized spacial score (nSPS) is 12.1. The summed E-state index contributed by atoms with van der Waals surface area (Å²) in [5.41, 5.74) is 0. The van der Waals surface area contributed by atoms with Crippen molar-refractivity contribution in [2.75, 3.05) is 19.8 Å². The second-order valence-corrected chi connectivity index (χ2v) is 19.2.